The van der Waals surface area contributed by atoms with Gasteiger partial charge in [-0.2, -0.15) is 0 Å². The summed E-state index contributed by atoms with van der Waals surface area (Å²) in [7, 11) is 0. The quantitative estimate of drug-likeness (QED) is 0.787. The van der Waals surface area contributed by atoms with E-state index in [1.54, 1.807) is 13.8 Å². The van der Waals surface area contributed by atoms with Gasteiger partial charge in [0.2, 0.25) is 5.91 Å². The first-order chi connectivity index (χ1) is 8.64. The minimum absolute atomic E-state index is 0.00926. The number of primary amides is 1. The summed E-state index contributed by atoms with van der Waals surface area (Å²) >= 11 is 0. The molecule has 0 aromatic heterocycles. The van der Waals surface area contributed by atoms with Crippen molar-refractivity contribution in [2.45, 2.75) is 52.4 Å². The third-order valence-electron chi connectivity index (χ3n) is 2.72. The average Bonchev–Trinajstić information content (AvgIpc) is 2.44. The summed E-state index contributed by atoms with van der Waals surface area (Å²) in [5.74, 6) is -0.250. The molecule has 2 fully saturated rings. The van der Waals surface area contributed by atoms with Crippen LogP contribution >= 0.6 is 0 Å². The highest BCUT2D eigenvalue weighted by Crippen LogP contribution is 2.02. The van der Waals surface area contributed by atoms with Crippen molar-refractivity contribution in [2.75, 3.05) is 26.4 Å². The topological polar surface area (TPSA) is 61.6 Å². The van der Waals surface area contributed by atoms with Crippen molar-refractivity contribution >= 4 is 5.91 Å². The number of carbonyl (C=O) groups excluding carboxylic acids is 1. The molecule has 18 heavy (non-hydrogen) atoms. The van der Waals surface area contributed by atoms with Crippen LogP contribution in [0.3, 0.4) is 0 Å². The predicted molar refractivity (Wildman–Crippen MR) is 73.4 cm³/mol. The Morgan fingerprint density at radius 2 is 1.11 bits per heavy atom. The number of nitrogens with two attached hydrogens (primary N) is 1. The van der Waals surface area contributed by atoms with Gasteiger partial charge >= 0.3 is 0 Å². The van der Waals surface area contributed by atoms with Gasteiger partial charge in [0.05, 0.1) is 0 Å². The predicted octanol–water partition coefficient (Wildman–Crippen LogP) is 2.50. The van der Waals surface area contributed by atoms with E-state index in [2.05, 4.69) is 0 Å². The molecule has 2 saturated heterocycles. The van der Waals surface area contributed by atoms with Gasteiger partial charge in [0.15, 0.2) is 0 Å². The lowest BCUT2D eigenvalue weighted by Gasteiger charge is -2.08. The molecular formula is C14H29NO3. The van der Waals surface area contributed by atoms with Gasteiger partial charge < -0.3 is 15.2 Å². The van der Waals surface area contributed by atoms with Crippen LogP contribution in [0.4, 0.5) is 0 Å². The van der Waals surface area contributed by atoms with E-state index in [0.29, 0.717) is 0 Å². The van der Waals surface area contributed by atoms with Gasteiger partial charge in [-0.1, -0.05) is 13.8 Å². The molecule has 4 nitrogen and oxygen atoms in total. The van der Waals surface area contributed by atoms with Crippen LogP contribution in [0.15, 0.2) is 0 Å². The Bertz CT molecular complexity index is 152. The number of ether oxygens (including phenoxy) is 2. The van der Waals surface area contributed by atoms with Crippen LogP contribution < -0.4 is 5.73 Å². The molecule has 1 amide bonds. The molecule has 0 unspecified atom stereocenters. The lowest BCUT2D eigenvalue weighted by Crippen LogP contribution is -2.17. The zero-order valence-corrected chi connectivity index (χ0v) is 12.0. The van der Waals surface area contributed by atoms with E-state index in [1.807, 2.05) is 0 Å². The fraction of sp³-hybridized carbons (Fsp3) is 0.929. The highest BCUT2D eigenvalue weighted by molar-refractivity contribution is 5.75. The second kappa shape index (κ2) is 12.8. The minimum Gasteiger partial charge on any atom is -0.381 e. The Hall–Kier alpha value is -0.610. The Balaban J connectivity index is 0.000000241. The first kappa shape index (κ1) is 17.4. The first-order valence-corrected chi connectivity index (χ1v) is 7.09. The fourth-order valence-electron chi connectivity index (χ4n) is 1.37. The second-order valence-corrected chi connectivity index (χ2v) is 4.90. The van der Waals surface area contributed by atoms with Crippen LogP contribution in [0.2, 0.25) is 0 Å². The van der Waals surface area contributed by atoms with Crippen molar-refractivity contribution in [1.82, 2.24) is 0 Å². The van der Waals surface area contributed by atoms with E-state index in [4.69, 9.17) is 15.2 Å². The van der Waals surface area contributed by atoms with Gasteiger partial charge in [0.25, 0.3) is 0 Å². The van der Waals surface area contributed by atoms with Gasteiger partial charge in [-0.15, -0.1) is 0 Å². The molecule has 2 rings (SSSR count). The normalized spacial score (nSPS) is 19.1. The summed E-state index contributed by atoms with van der Waals surface area (Å²) in [5, 5.41) is 0. The third-order valence-corrected chi connectivity index (χ3v) is 2.72. The first-order valence-electron chi connectivity index (χ1n) is 7.09. The van der Waals surface area contributed by atoms with Gasteiger partial charge in [0.1, 0.15) is 0 Å². The monoisotopic (exact) mass is 259 g/mol. The second-order valence-electron chi connectivity index (χ2n) is 4.90. The van der Waals surface area contributed by atoms with Crippen molar-refractivity contribution in [3.63, 3.8) is 0 Å². The van der Waals surface area contributed by atoms with Gasteiger partial charge in [0, 0.05) is 32.3 Å². The standard InChI is InChI=1S/2C5H10O.C4H9NO/c2*1-2-4-6-5-3-1;1-3(2)4(5)6/h2*1-5H2;3H,1-2H3,(H2,5,6). The molecule has 2 aliphatic heterocycles. The van der Waals surface area contributed by atoms with Crippen LogP contribution in [0.5, 0.6) is 0 Å². The number of hydrogen-bond acceptors (Lipinski definition) is 3. The Labute approximate surface area is 111 Å². The molecule has 0 aromatic carbocycles. The molecule has 2 heterocycles. The molecule has 0 spiro atoms. The molecule has 2 aliphatic rings. The number of amides is 1. The van der Waals surface area contributed by atoms with E-state index in [0.717, 1.165) is 26.4 Å². The summed E-state index contributed by atoms with van der Waals surface area (Å²) in [6, 6.07) is 0. The summed E-state index contributed by atoms with van der Waals surface area (Å²) < 4.78 is 10.1. The Morgan fingerprint density at radius 1 is 0.833 bits per heavy atom. The molecule has 0 bridgehead atoms. The van der Waals surface area contributed by atoms with Crippen molar-refractivity contribution in [1.29, 1.82) is 0 Å². The highest BCUT2D eigenvalue weighted by Gasteiger charge is 1.96. The molecule has 108 valence electrons. The van der Waals surface area contributed by atoms with Gasteiger partial charge in [-0.05, 0) is 38.5 Å². The van der Waals surface area contributed by atoms with Crippen LogP contribution in [0.25, 0.3) is 0 Å². The molecule has 2 N–H and O–H groups in total. The minimum atomic E-state index is -0.241. The van der Waals surface area contributed by atoms with Crippen LogP contribution in [0.1, 0.15) is 52.4 Å². The molecule has 0 aliphatic carbocycles. The molecule has 0 radical (unpaired) electrons. The van der Waals surface area contributed by atoms with Gasteiger partial charge in [-0.25, -0.2) is 0 Å². The summed E-state index contributed by atoms with van der Waals surface area (Å²) in [4.78, 5) is 9.92. The van der Waals surface area contributed by atoms with E-state index in [9.17, 15) is 4.79 Å². The van der Waals surface area contributed by atoms with Crippen LogP contribution in [-0.2, 0) is 14.3 Å². The zero-order valence-electron chi connectivity index (χ0n) is 12.0. The van der Waals surface area contributed by atoms with E-state index in [-0.39, 0.29) is 11.8 Å². The van der Waals surface area contributed by atoms with E-state index < -0.39 is 0 Å². The maximum absolute atomic E-state index is 9.92. The summed E-state index contributed by atoms with van der Waals surface area (Å²) in [6.45, 7) is 7.53. The largest absolute Gasteiger partial charge is 0.381 e. The maximum Gasteiger partial charge on any atom is 0.219 e. The van der Waals surface area contributed by atoms with Crippen LogP contribution in [0, 0.1) is 5.92 Å². The number of hydrogen-bond donors (Lipinski definition) is 1. The van der Waals surface area contributed by atoms with Crippen molar-refractivity contribution in [2.24, 2.45) is 11.7 Å². The molecule has 0 saturated carbocycles. The van der Waals surface area contributed by atoms with Gasteiger partial charge in [-0.3, -0.25) is 4.79 Å². The molecular weight excluding hydrogens is 230 g/mol. The van der Waals surface area contributed by atoms with E-state index >= 15 is 0 Å². The smallest absolute Gasteiger partial charge is 0.219 e. The van der Waals surface area contributed by atoms with Crippen molar-refractivity contribution in [3.05, 3.63) is 0 Å². The number of rotatable bonds is 1. The van der Waals surface area contributed by atoms with Crippen LogP contribution in [-0.4, -0.2) is 32.3 Å². The number of carbonyl (C=O) groups is 1. The summed E-state index contributed by atoms with van der Waals surface area (Å²) in [6.07, 6.45) is 7.86. The average molecular weight is 259 g/mol. The fourth-order valence-corrected chi connectivity index (χ4v) is 1.37. The van der Waals surface area contributed by atoms with Crippen molar-refractivity contribution in [3.8, 4) is 0 Å². The Morgan fingerprint density at radius 3 is 1.17 bits per heavy atom. The van der Waals surface area contributed by atoms with Crippen molar-refractivity contribution < 1.29 is 14.3 Å². The molecule has 4 heteroatoms. The highest BCUT2D eigenvalue weighted by atomic mass is 16.5. The third kappa shape index (κ3) is 13.5. The lowest BCUT2D eigenvalue weighted by atomic mass is 10.2. The van der Waals surface area contributed by atoms with E-state index in [1.165, 1.54) is 38.5 Å². The SMILES string of the molecule is C1CCOCC1.C1CCOCC1.CC(C)C(N)=O. The zero-order chi connectivity index (χ0) is 13.6. The lowest BCUT2D eigenvalue weighted by molar-refractivity contribution is -0.120. The molecule has 0 atom stereocenters. The molecule has 0 aromatic rings. The summed E-state index contributed by atoms with van der Waals surface area (Å²) in [5.41, 5.74) is 4.80. The Kier molecular flexibility index (Phi) is 12.4. The maximum atomic E-state index is 9.92.